The maximum absolute atomic E-state index is 13.2. The number of hydrogen-bond acceptors (Lipinski definition) is 7. The number of carbonyl (C=O) groups excluding carboxylic acids is 3. The van der Waals surface area contributed by atoms with Crippen molar-refractivity contribution in [1.82, 2.24) is 15.1 Å². The Labute approximate surface area is 216 Å². The molecule has 1 saturated heterocycles. The van der Waals surface area contributed by atoms with Crippen molar-refractivity contribution in [1.29, 1.82) is 0 Å². The van der Waals surface area contributed by atoms with Gasteiger partial charge in [0.1, 0.15) is 0 Å². The van der Waals surface area contributed by atoms with Crippen LogP contribution in [0.15, 0.2) is 51.6 Å². The maximum Gasteiger partial charge on any atom is 0.338 e. The van der Waals surface area contributed by atoms with Gasteiger partial charge in [-0.25, -0.2) is 9.79 Å². The Bertz CT molecular complexity index is 1120. The number of nitrogens with zero attached hydrogens (tertiary/aromatic N) is 3. The number of ether oxygens (including phenoxy) is 1. The fourth-order valence-electron chi connectivity index (χ4n) is 4.64. The van der Waals surface area contributed by atoms with E-state index in [-0.39, 0.29) is 24.3 Å². The first-order chi connectivity index (χ1) is 17.2. The molecule has 0 spiro atoms. The van der Waals surface area contributed by atoms with E-state index in [0.717, 1.165) is 41.4 Å². The van der Waals surface area contributed by atoms with Gasteiger partial charge in [0.2, 0.25) is 11.8 Å². The molecule has 2 amide bonds. The molecule has 36 heavy (non-hydrogen) atoms. The van der Waals surface area contributed by atoms with Crippen LogP contribution in [0.1, 0.15) is 63.6 Å². The normalized spacial score (nSPS) is 19.5. The number of benzene rings is 1. The third-order valence-corrected chi connectivity index (χ3v) is 7.29. The van der Waals surface area contributed by atoms with Crippen LogP contribution in [0.3, 0.4) is 0 Å². The minimum absolute atomic E-state index is 0.101. The van der Waals surface area contributed by atoms with Gasteiger partial charge in [0.25, 0.3) is 0 Å². The predicted octanol–water partition coefficient (Wildman–Crippen LogP) is 4.04. The summed E-state index contributed by atoms with van der Waals surface area (Å²) < 4.78 is 5.59. The van der Waals surface area contributed by atoms with Crippen LogP contribution in [-0.4, -0.2) is 58.5 Å². The van der Waals surface area contributed by atoms with E-state index in [9.17, 15) is 14.4 Å². The number of rotatable bonds is 9. The first kappa shape index (κ1) is 26.0. The first-order valence-electron chi connectivity index (χ1n) is 12.5. The number of esters is 1. The Balaban J connectivity index is 1.49. The Morgan fingerprint density at radius 3 is 2.64 bits per heavy atom. The molecule has 0 unspecified atom stereocenters. The molecule has 1 fully saturated rings. The monoisotopic (exact) mass is 510 g/mol. The van der Waals surface area contributed by atoms with E-state index < -0.39 is 12.0 Å². The Kier molecular flexibility index (Phi) is 8.18. The fraction of sp³-hybridized carbons (Fsp3) is 0.481. The molecule has 0 aromatic heterocycles. The van der Waals surface area contributed by atoms with Gasteiger partial charge in [-0.15, -0.1) is 0 Å². The van der Waals surface area contributed by atoms with Gasteiger partial charge in [0, 0.05) is 31.8 Å². The summed E-state index contributed by atoms with van der Waals surface area (Å²) in [5.74, 6) is -0.298. The van der Waals surface area contributed by atoms with Crippen LogP contribution in [0.5, 0.6) is 0 Å². The van der Waals surface area contributed by atoms with Gasteiger partial charge in [-0.05, 0) is 51.5 Å². The molecule has 0 aliphatic carbocycles. The molecule has 4 rings (SSSR count). The molecule has 1 atom stereocenters. The second-order valence-corrected chi connectivity index (χ2v) is 10.5. The summed E-state index contributed by atoms with van der Waals surface area (Å²) >= 11 is 1.46. The van der Waals surface area contributed by atoms with Crippen LogP contribution in [-0.2, 0) is 19.1 Å². The average molecular weight is 511 g/mol. The quantitative estimate of drug-likeness (QED) is 0.398. The molecule has 9 heteroatoms. The van der Waals surface area contributed by atoms with Crippen molar-refractivity contribution < 1.29 is 19.1 Å². The van der Waals surface area contributed by atoms with E-state index in [1.165, 1.54) is 11.8 Å². The molecule has 1 aromatic carbocycles. The Morgan fingerprint density at radius 1 is 1.22 bits per heavy atom. The molecule has 3 aliphatic heterocycles. The minimum atomic E-state index is -0.431. The minimum Gasteiger partial charge on any atom is -0.459 e. The number of fused-ring (bicyclic) bond motifs is 1. The van der Waals surface area contributed by atoms with Gasteiger partial charge in [-0.3, -0.25) is 9.59 Å². The number of allylic oxidation sites excluding steroid dienone is 1. The maximum atomic E-state index is 13.2. The van der Waals surface area contributed by atoms with Crippen LogP contribution >= 0.6 is 11.8 Å². The summed E-state index contributed by atoms with van der Waals surface area (Å²) in [5.41, 5.74) is 3.96. The summed E-state index contributed by atoms with van der Waals surface area (Å²) in [6, 6.07) is 7.63. The number of likely N-dealkylation sites (tertiary alicyclic amines) is 1. The van der Waals surface area contributed by atoms with Crippen LogP contribution in [0.2, 0.25) is 0 Å². The van der Waals surface area contributed by atoms with Crippen molar-refractivity contribution in [3.8, 4) is 0 Å². The number of hydrogen-bond donors (Lipinski definition) is 1. The molecular weight excluding hydrogens is 476 g/mol. The molecule has 3 aliphatic rings. The molecule has 3 heterocycles. The second-order valence-electron chi connectivity index (χ2n) is 9.62. The summed E-state index contributed by atoms with van der Waals surface area (Å²) in [7, 11) is 0. The number of amidine groups is 1. The Morgan fingerprint density at radius 2 is 1.97 bits per heavy atom. The molecule has 0 bridgehead atoms. The van der Waals surface area contributed by atoms with Gasteiger partial charge in [0.15, 0.2) is 5.17 Å². The van der Waals surface area contributed by atoms with Crippen LogP contribution < -0.4 is 5.32 Å². The molecule has 1 aromatic rings. The zero-order chi connectivity index (χ0) is 25.8. The van der Waals surface area contributed by atoms with Gasteiger partial charge < -0.3 is 19.9 Å². The SMILES string of the molecule is CC1=C(C(=O)OC(C)C)[C@H](c2ccc(C)cc2)N2C(CC(=O)NCCCN3CCCC3=O)=CSC2=N1. The van der Waals surface area contributed by atoms with Crippen LogP contribution in [0, 0.1) is 6.92 Å². The van der Waals surface area contributed by atoms with E-state index in [2.05, 4.69) is 5.32 Å². The number of thioether (sulfide) groups is 1. The van der Waals surface area contributed by atoms with Crippen molar-refractivity contribution in [2.75, 3.05) is 19.6 Å². The lowest BCUT2D eigenvalue weighted by atomic mass is 9.93. The Hall–Kier alpha value is -3.07. The lowest BCUT2D eigenvalue weighted by molar-refractivity contribution is -0.143. The van der Waals surface area contributed by atoms with Gasteiger partial charge in [-0.1, -0.05) is 41.6 Å². The first-order valence-corrected chi connectivity index (χ1v) is 13.4. The summed E-state index contributed by atoms with van der Waals surface area (Å²) in [6.07, 6.45) is 2.18. The number of aliphatic imine (C=N–C) groups is 1. The number of carbonyl (C=O) groups is 3. The molecular formula is C27H34N4O4S. The zero-order valence-corrected chi connectivity index (χ0v) is 22.2. The van der Waals surface area contributed by atoms with E-state index >= 15 is 0 Å². The summed E-state index contributed by atoms with van der Waals surface area (Å²) in [5, 5.41) is 5.66. The zero-order valence-electron chi connectivity index (χ0n) is 21.4. The van der Waals surface area contributed by atoms with Crippen molar-refractivity contribution >= 4 is 34.7 Å². The van der Waals surface area contributed by atoms with E-state index in [1.54, 1.807) is 0 Å². The fourth-order valence-corrected chi connectivity index (χ4v) is 5.60. The van der Waals surface area contributed by atoms with Crippen LogP contribution in [0.25, 0.3) is 0 Å². The van der Waals surface area contributed by atoms with Gasteiger partial charge in [-0.2, -0.15) is 0 Å². The number of aryl methyl sites for hydroxylation is 1. The molecule has 0 saturated carbocycles. The molecule has 8 nitrogen and oxygen atoms in total. The number of amides is 2. The highest BCUT2D eigenvalue weighted by Gasteiger charge is 2.41. The van der Waals surface area contributed by atoms with Crippen molar-refractivity contribution in [3.63, 3.8) is 0 Å². The van der Waals surface area contributed by atoms with Crippen molar-refractivity contribution in [3.05, 3.63) is 57.8 Å². The topological polar surface area (TPSA) is 91.3 Å². The third kappa shape index (κ3) is 5.83. The lowest BCUT2D eigenvalue weighted by Crippen LogP contribution is -2.38. The summed E-state index contributed by atoms with van der Waals surface area (Å²) in [4.78, 5) is 46.3. The van der Waals surface area contributed by atoms with E-state index in [1.807, 2.05) is 67.2 Å². The third-order valence-electron chi connectivity index (χ3n) is 6.40. The standard InChI is InChI=1S/C27H34N4O4S/c1-17(2)35-26(34)24-19(4)29-27-31(25(24)20-10-8-18(3)9-11-20)21(16-36-27)15-22(32)28-12-6-14-30-13-5-7-23(30)33/h8-11,16-17,25H,5-7,12-15H2,1-4H3,(H,28,32)/t25-/m0/s1. The van der Waals surface area contributed by atoms with Crippen molar-refractivity contribution in [2.24, 2.45) is 4.99 Å². The highest BCUT2D eigenvalue weighted by Crippen LogP contribution is 2.44. The van der Waals surface area contributed by atoms with Gasteiger partial charge >= 0.3 is 5.97 Å². The van der Waals surface area contributed by atoms with E-state index in [4.69, 9.17) is 9.73 Å². The average Bonchev–Trinajstić information content (AvgIpc) is 3.41. The van der Waals surface area contributed by atoms with Crippen LogP contribution in [0.4, 0.5) is 0 Å². The highest BCUT2D eigenvalue weighted by molar-refractivity contribution is 8.16. The van der Waals surface area contributed by atoms with Gasteiger partial charge in [0.05, 0.1) is 29.8 Å². The molecule has 192 valence electrons. The van der Waals surface area contributed by atoms with Crippen molar-refractivity contribution in [2.45, 2.75) is 65.5 Å². The largest absolute Gasteiger partial charge is 0.459 e. The molecule has 1 N–H and O–H groups in total. The smallest absolute Gasteiger partial charge is 0.338 e. The predicted molar refractivity (Wildman–Crippen MR) is 141 cm³/mol. The lowest BCUT2D eigenvalue weighted by Gasteiger charge is -2.36. The highest BCUT2D eigenvalue weighted by atomic mass is 32.2. The molecule has 0 radical (unpaired) electrons. The second kappa shape index (κ2) is 11.3. The number of nitrogens with one attached hydrogen (secondary N) is 1. The summed E-state index contributed by atoms with van der Waals surface area (Å²) in [6.45, 7) is 9.49. The van der Waals surface area contributed by atoms with E-state index in [0.29, 0.717) is 30.8 Å².